The molecular weight excluding hydrogens is 252 g/mol. The molecule has 1 aliphatic heterocycles. The van der Waals surface area contributed by atoms with Gasteiger partial charge in [0.2, 0.25) is 0 Å². The summed E-state index contributed by atoms with van der Waals surface area (Å²) in [5, 5.41) is 8.74. The molecule has 0 amide bonds. The van der Waals surface area contributed by atoms with E-state index in [9.17, 15) is 0 Å². The number of aryl methyl sites for hydroxylation is 1. The van der Waals surface area contributed by atoms with Crippen LogP contribution in [-0.2, 0) is 33.6 Å². The third kappa shape index (κ3) is 1.95. The summed E-state index contributed by atoms with van der Waals surface area (Å²) in [5.74, 6) is 2.90. The Kier molecular flexibility index (Phi) is 2.66. The molecule has 2 aromatic heterocycles. The first-order chi connectivity index (χ1) is 9.72. The number of nitrogens with zero attached hydrogens (tertiary/aromatic N) is 6. The summed E-state index contributed by atoms with van der Waals surface area (Å²) in [6.07, 6.45) is 5.53. The Morgan fingerprint density at radius 1 is 1.25 bits per heavy atom. The van der Waals surface area contributed by atoms with Crippen LogP contribution in [-0.4, -0.2) is 35.8 Å². The van der Waals surface area contributed by atoms with Gasteiger partial charge in [0.1, 0.15) is 11.6 Å². The summed E-state index contributed by atoms with van der Waals surface area (Å²) in [7, 11) is 4.17. The standard InChI is InChI=1S/C14H20N6/c1-18-9-15-11-7-20(6-5-12(11)18)8-13-16-17-14(19(13)2)10-3-4-10/h9-10H,3-8H2,1-2H3. The van der Waals surface area contributed by atoms with Crippen LogP contribution >= 0.6 is 0 Å². The van der Waals surface area contributed by atoms with Crippen LogP contribution in [0.15, 0.2) is 6.33 Å². The lowest BCUT2D eigenvalue weighted by Crippen LogP contribution is -2.31. The molecule has 20 heavy (non-hydrogen) atoms. The highest BCUT2D eigenvalue weighted by molar-refractivity contribution is 5.16. The van der Waals surface area contributed by atoms with E-state index in [1.165, 1.54) is 24.2 Å². The minimum Gasteiger partial charge on any atom is -0.337 e. The minimum absolute atomic E-state index is 0.657. The summed E-state index contributed by atoms with van der Waals surface area (Å²) >= 11 is 0. The highest BCUT2D eigenvalue weighted by Crippen LogP contribution is 2.38. The number of aromatic nitrogens is 5. The number of rotatable bonds is 3. The van der Waals surface area contributed by atoms with Crippen LogP contribution in [0.3, 0.4) is 0 Å². The van der Waals surface area contributed by atoms with Gasteiger partial charge in [-0.1, -0.05) is 0 Å². The Balaban J connectivity index is 1.50. The number of hydrogen-bond acceptors (Lipinski definition) is 4. The fourth-order valence-electron chi connectivity index (χ4n) is 3.06. The monoisotopic (exact) mass is 272 g/mol. The maximum Gasteiger partial charge on any atom is 0.146 e. The van der Waals surface area contributed by atoms with Gasteiger partial charge in [-0.3, -0.25) is 4.90 Å². The molecule has 0 saturated heterocycles. The van der Waals surface area contributed by atoms with E-state index in [4.69, 9.17) is 0 Å². The van der Waals surface area contributed by atoms with Gasteiger partial charge < -0.3 is 9.13 Å². The molecule has 0 atom stereocenters. The third-order valence-corrected chi connectivity index (χ3v) is 4.49. The molecule has 0 N–H and O–H groups in total. The molecule has 0 unspecified atom stereocenters. The highest BCUT2D eigenvalue weighted by Gasteiger charge is 2.30. The molecule has 3 heterocycles. The topological polar surface area (TPSA) is 51.8 Å². The van der Waals surface area contributed by atoms with Crippen LogP contribution in [0.1, 0.15) is 41.8 Å². The van der Waals surface area contributed by atoms with E-state index in [2.05, 4.69) is 43.3 Å². The molecule has 6 nitrogen and oxygen atoms in total. The van der Waals surface area contributed by atoms with E-state index in [1.54, 1.807) is 0 Å². The first-order valence-electron chi connectivity index (χ1n) is 7.32. The van der Waals surface area contributed by atoms with Gasteiger partial charge in [-0.15, -0.1) is 10.2 Å². The smallest absolute Gasteiger partial charge is 0.146 e. The molecule has 106 valence electrons. The van der Waals surface area contributed by atoms with Crippen LogP contribution in [0.4, 0.5) is 0 Å². The second-order valence-corrected chi connectivity index (χ2v) is 6.02. The summed E-state index contributed by atoms with van der Waals surface area (Å²) in [6.45, 7) is 2.85. The largest absolute Gasteiger partial charge is 0.337 e. The lowest BCUT2D eigenvalue weighted by Gasteiger charge is -2.26. The van der Waals surface area contributed by atoms with Crippen molar-refractivity contribution in [1.82, 2.24) is 29.2 Å². The summed E-state index contributed by atoms with van der Waals surface area (Å²) in [5.41, 5.74) is 2.58. The van der Waals surface area contributed by atoms with Gasteiger partial charge in [-0.2, -0.15) is 0 Å². The first kappa shape index (κ1) is 12.1. The predicted octanol–water partition coefficient (Wildman–Crippen LogP) is 0.984. The molecule has 0 spiro atoms. The maximum atomic E-state index is 4.49. The molecule has 6 heteroatoms. The van der Waals surface area contributed by atoms with E-state index < -0.39 is 0 Å². The van der Waals surface area contributed by atoms with Gasteiger partial charge in [0, 0.05) is 45.2 Å². The van der Waals surface area contributed by atoms with Crippen LogP contribution in [0, 0.1) is 0 Å². The van der Waals surface area contributed by atoms with Crippen molar-refractivity contribution in [1.29, 1.82) is 0 Å². The second-order valence-electron chi connectivity index (χ2n) is 6.02. The minimum atomic E-state index is 0.657. The quantitative estimate of drug-likeness (QED) is 0.836. The zero-order chi connectivity index (χ0) is 13.7. The van der Waals surface area contributed by atoms with Crippen LogP contribution in [0.5, 0.6) is 0 Å². The second kappa shape index (κ2) is 4.41. The molecule has 1 saturated carbocycles. The zero-order valence-corrected chi connectivity index (χ0v) is 12.1. The first-order valence-corrected chi connectivity index (χ1v) is 7.32. The van der Waals surface area contributed by atoms with Crippen LogP contribution < -0.4 is 0 Å². The summed E-state index contributed by atoms with van der Waals surface area (Å²) in [4.78, 5) is 6.91. The van der Waals surface area contributed by atoms with Crippen molar-refractivity contribution < 1.29 is 0 Å². The van der Waals surface area contributed by atoms with Gasteiger partial charge in [0.05, 0.1) is 18.6 Å². The lowest BCUT2D eigenvalue weighted by atomic mass is 10.1. The van der Waals surface area contributed by atoms with Gasteiger partial charge >= 0.3 is 0 Å². The Hall–Kier alpha value is -1.69. The van der Waals surface area contributed by atoms with Gasteiger partial charge in [-0.05, 0) is 12.8 Å². The number of hydrogen-bond donors (Lipinski definition) is 0. The normalized spacial score (nSPS) is 19.3. The number of fused-ring (bicyclic) bond motifs is 1. The molecule has 2 aliphatic rings. The molecule has 0 radical (unpaired) electrons. The fraction of sp³-hybridized carbons (Fsp3) is 0.643. The zero-order valence-electron chi connectivity index (χ0n) is 12.1. The molecule has 2 aromatic rings. The fourth-order valence-corrected chi connectivity index (χ4v) is 3.06. The van der Waals surface area contributed by atoms with E-state index in [-0.39, 0.29) is 0 Å². The summed E-state index contributed by atoms with van der Waals surface area (Å²) in [6, 6.07) is 0. The van der Waals surface area contributed by atoms with Crippen molar-refractivity contribution in [3.05, 3.63) is 29.4 Å². The van der Waals surface area contributed by atoms with Crippen molar-refractivity contribution in [2.24, 2.45) is 14.1 Å². The van der Waals surface area contributed by atoms with Crippen molar-refractivity contribution in [2.75, 3.05) is 6.54 Å². The molecule has 4 rings (SSSR count). The molecular formula is C14H20N6. The van der Waals surface area contributed by atoms with E-state index in [0.717, 1.165) is 37.7 Å². The molecule has 1 fully saturated rings. The molecule has 0 bridgehead atoms. The Labute approximate surface area is 118 Å². The van der Waals surface area contributed by atoms with Crippen molar-refractivity contribution in [2.45, 2.75) is 38.3 Å². The highest BCUT2D eigenvalue weighted by atomic mass is 15.3. The van der Waals surface area contributed by atoms with Crippen molar-refractivity contribution >= 4 is 0 Å². The Bertz CT molecular complexity index is 636. The van der Waals surface area contributed by atoms with Gasteiger partial charge in [0.25, 0.3) is 0 Å². The molecule has 1 aliphatic carbocycles. The Morgan fingerprint density at radius 2 is 2.10 bits per heavy atom. The third-order valence-electron chi connectivity index (χ3n) is 4.49. The van der Waals surface area contributed by atoms with Gasteiger partial charge in [-0.25, -0.2) is 4.98 Å². The van der Waals surface area contributed by atoms with E-state index >= 15 is 0 Å². The Morgan fingerprint density at radius 3 is 2.90 bits per heavy atom. The lowest BCUT2D eigenvalue weighted by molar-refractivity contribution is 0.231. The van der Waals surface area contributed by atoms with Crippen LogP contribution in [0.25, 0.3) is 0 Å². The predicted molar refractivity (Wildman–Crippen MR) is 74.0 cm³/mol. The average Bonchev–Trinajstić information content (AvgIpc) is 3.14. The van der Waals surface area contributed by atoms with E-state index in [1.807, 2.05) is 6.33 Å². The average molecular weight is 272 g/mol. The van der Waals surface area contributed by atoms with Crippen LogP contribution in [0.2, 0.25) is 0 Å². The van der Waals surface area contributed by atoms with Crippen molar-refractivity contribution in [3.8, 4) is 0 Å². The SMILES string of the molecule is Cn1cnc2c1CCN(Cc1nnc(C3CC3)n1C)C2. The maximum absolute atomic E-state index is 4.49. The van der Waals surface area contributed by atoms with Gasteiger partial charge in [0.15, 0.2) is 0 Å². The van der Waals surface area contributed by atoms with Crippen molar-refractivity contribution in [3.63, 3.8) is 0 Å². The van der Waals surface area contributed by atoms with E-state index in [0.29, 0.717) is 5.92 Å². The summed E-state index contributed by atoms with van der Waals surface area (Å²) < 4.78 is 4.33. The number of imidazole rings is 1. The molecule has 0 aromatic carbocycles.